The summed E-state index contributed by atoms with van der Waals surface area (Å²) in [5.41, 5.74) is 10.3. The molecule has 2 amide bonds. The lowest BCUT2D eigenvalue weighted by Gasteiger charge is -2.40. The molecule has 9 nitrogen and oxygen atoms in total. The number of piperidine rings is 1. The highest BCUT2D eigenvalue weighted by Crippen LogP contribution is 2.28. The number of amides is 2. The van der Waals surface area contributed by atoms with Crippen molar-refractivity contribution in [3.8, 4) is 0 Å². The molecule has 0 radical (unpaired) electrons. The van der Waals surface area contributed by atoms with E-state index in [1.54, 1.807) is 0 Å². The van der Waals surface area contributed by atoms with Gasteiger partial charge in [-0.3, -0.25) is 4.79 Å². The molecule has 0 atom stereocenters. The Balaban J connectivity index is 2.06. The van der Waals surface area contributed by atoms with Crippen LogP contribution in [-0.2, 0) is 4.74 Å². The Labute approximate surface area is 161 Å². The number of nitrogen functional groups attached to an aromatic ring is 1. The number of hydrogen-bond acceptors (Lipinski definition) is 7. The molecule has 1 aliphatic heterocycles. The molecule has 0 bridgehead atoms. The molecule has 144 valence electrons. The number of primary amides is 1. The molecule has 0 aromatic carbocycles. The molecular formula is C16H25BrN6O3. The van der Waals surface area contributed by atoms with Crippen LogP contribution in [0.4, 0.5) is 16.6 Å². The van der Waals surface area contributed by atoms with Crippen molar-refractivity contribution in [3.63, 3.8) is 0 Å². The van der Waals surface area contributed by atoms with Gasteiger partial charge in [0.25, 0.3) is 5.91 Å². The van der Waals surface area contributed by atoms with Crippen molar-refractivity contribution < 1.29 is 14.3 Å². The van der Waals surface area contributed by atoms with E-state index in [4.69, 9.17) is 16.2 Å². The minimum absolute atomic E-state index is 0.0488. The van der Waals surface area contributed by atoms with Crippen molar-refractivity contribution in [1.29, 1.82) is 0 Å². The van der Waals surface area contributed by atoms with Crippen molar-refractivity contribution in [3.05, 3.63) is 10.2 Å². The van der Waals surface area contributed by atoms with Gasteiger partial charge < -0.3 is 26.4 Å². The third kappa shape index (κ3) is 4.96. The monoisotopic (exact) mass is 428 g/mol. The normalized spacial score (nSPS) is 16.9. The zero-order valence-electron chi connectivity index (χ0n) is 15.4. The molecule has 10 heteroatoms. The van der Waals surface area contributed by atoms with E-state index in [0.29, 0.717) is 36.4 Å². The number of aromatic nitrogens is 2. The topological polar surface area (TPSA) is 136 Å². The van der Waals surface area contributed by atoms with Crippen LogP contribution in [0, 0.1) is 0 Å². The summed E-state index contributed by atoms with van der Waals surface area (Å²) in [5, 5.41) is 2.94. The zero-order valence-corrected chi connectivity index (χ0v) is 17.0. The third-order valence-corrected chi connectivity index (χ3v) is 4.83. The maximum atomic E-state index is 12.0. The molecule has 0 saturated carbocycles. The van der Waals surface area contributed by atoms with Crippen LogP contribution in [0.3, 0.4) is 0 Å². The molecule has 1 fully saturated rings. The number of nitrogens with two attached hydrogens (primary N) is 2. The third-order valence-electron chi connectivity index (χ3n) is 4.05. The van der Waals surface area contributed by atoms with Crippen LogP contribution in [0.2, 0.25) is 0 Å². The summed E-state index contributed by atoms with van der Waals surface area (Å²) >= 11 is 3.18. The molecule has 2 rings (SSSR count). The first-order chi connectivity index (χ1) is 11.9. The summed E-state index contributed by atoms with van der Waals surface area (Å²) in [6.07, 6.45) is 0.892. The van der Waals surface area contributed by atoms with Crippen molar-refractivity contribution >= 4 is 39.7 Å². The minimum Gasteiger partial charge on any atom is -0.444 e. The Morgan fingerprint density at radius 2 is 1.85 bits per heavy atom. The lowest BCUT2D eigenvalue weighted by molar-refractivity contribution is 0.0448. The fourth-order valence-corrected chi connectivity index (χ4v) is 3.00. The van der Waals surface area contributed by atoms with Crippen molar-refractivity contribution in [2.45, 2.75) is 51.7 Å². The number of carbonyl (C=O) groups excluding carboxylic acids is 2. The van der Waals surface area contributed by atoms with E-state index >= 15 is 0 Å². The Morgan fingerprint density at radius 3 is 2.35 bits per heavy atom. The van der Waals surface area contributed by atoms with E-state index in [9.17, 15) is 9.59 Å². The van der Waals surface area contributed by atoms with Crippen LogP contribution in [0.1, 0.15) is 51.0 Å². The lowest BCUT2D eigenvalue weighted by Crippen LogP contribution is -2.54. The quantitative estimate of drug-likeness (QED) is 0.667. The van der Waals surface area contributed by atoms with E-state index < -0.39 is 23.1 Å². The first kappa shape index (κ1) is 20.2. The molecule has 26 heavy (non-hydrogen) atoms. The molecule has 0 aliphatic carbocycles. The van der Waals surface area contributed by atoms with Crippen LogP contribution in [0.15, 0.2) is 4.47 Å². The van der Waals surface area contributed by atoms with Crippen LogP contribution >= 0.6 is 15.9 Å². The van der Waals surface area contributed by atoms with Gasteiger partial charge in [0.05, 0.1) is 4.47 Å². The predicted molar refractivity (Wildman–Crippen MR) is 102 cm³/mol. The zero-order chi connectivity index (χ0) is 19.7. The molecule has 1 aliphatic rings. The number of rotatable bonds is 3. The summed E-state index contributed by atoms with van der Waals surface area (Å²) in [4.78, 5) is 33.9. The van der Waals surface area contributed by atoms with E-state index in [2.05, 4.69) is 31.2 Å². The Hall–Kier alpha value is -2.10. The molecule has 1 aromatic rings. The van der Waals surface area contributed by atoms with Crippen LogP contribution < -0.4 is 21.7 Å². The number of nitrogens with one attached hydrogen (secondary N) is 1. The molecule has 1 saturated heterocycles. The van der Waals surface area contributed by atoms with Gasteiger partial charge in [0.15, 0.2) is 0 Å². The standard InChI is InChI=1S/C16H25BrN6O3/c1-15(2,3)26-14(25)22-16(4)5-7-23(8-6-16)13-20-10(12(19)24)9(17)11(18)21-13/h5-8H2,1-4H3,(H2,19,24)(H,22,25)(H2,18,20,21). The molecule has 0 unspecified atom stereocenters. The fourth-order valence-electron chi connectivity index (χ4n) is 2.63. The van der Waals surface area contributed by atoms with Crippen LogP contribution in [0.5, 0.6) is 0 Å². The average molecular weight is 429 g/mol. The number of anilines is 2. The van der Waals surface area contributed by atoms with E-state index in [1.807, 2.05) is 32.6 Å². The lowest BCUT2D eigenvalue weighted by atomic mass is 9.90. The molecule has 5 N–H and O–H groups in total. The molecular weight excluding hydrogens is 404 g/mol. The molecule has 1 aromatic heterocycles. The second-order valence-corrected chi connectivity index (χ2v) is 8.40. The van der Waals surface area contributed by atoms with Gasteiger partial charge in [-0.1, -0.05) is 0 Å². The first-order valence-corrected chi connectivity index (χ1v) is 9.08. The number of carbonyl (C=O) groups is 2. The minimum atomic E-state index is -0.680. The SMILES string of the molecule is CC1(NC(=O)OC(C)(C)C)CCN(c2nc(N)c(Br)c(C(N)=O)n2)CC1. The van der Waals surface area contributed by atoms with E-state index in [0.717, 1.165) is 0 Å². The summed E-state index contributed by atoms with van der Waals surface area (Å²) in [6.45, 7) is 8.62. The van der Waals surface area contributed by atoms with Gasteiger partial charge in [0.1, 0.15) is 17.1 Å². The van der Waals surface area contributed by atoms with Gasteiger partial charge >= 0.3 is 6.09 Å². The van der Waals surface area contributed by atoms with Gasteiger partial charge in [-0.25, -0.2) is 9.78 Å². The van der Waals surface area contributed by atoms with Crippen LogP contribution in [-0.4, -0.2) is 46.2 Å². The Kier molecular flexibility index (Phi) is 5.64. The highest BCUT2D eigenvalue weighted by atomic mass is 79.9. The summed E-state index contributed by atoms with van der Waals surface area (Å²) < 4.78 is 5.62. The largest absolute Gasteiger partial charge is 0.444 e. The molecule has 2 heterocycles. The highest BCUT2D eigenvalue weighted by molar-refractivity contribution is 9.10. The van der Waals surface area contributed by atoms with Crippen molar-refractivity contribution in [2.24, 2.45) is 5.73 Å². The van der Waals surface area contributed by atoms with Crippen molar-refractivity contribution in [2.75, 3.05) is 23.7 Å². The summed E-state index contributed by atoms with van der Waals surface area (Å²) in [7, 11) is 0. The smallest absolute Gasteiger partial charge is 0.408 e. The predicted octanol–water partition coefficient (Wildman–Crippen LogP) is 1.80. The number of nitrogens with zero attached hydrogens (tertiary/aromatic N) is 3. The number of hydrogen-bond donors (Lipinski definition) is 3. The fraction of sp³-hybridized carbons (Fsp3) is 0.625. The van der Waals surface area contributed by atoms with Gasteiger partial charge in [0.2, 0.25) is 5.95 Å². The first-order valence-electron chi connectivity index (χ1n) is 8.29. The van der Waals surface area contributed by atoms with E-state index in [1.165, 1.54) is 0 Å². The van der Waals surface area contributed by atoms with Crippen molar-refractivity contribution in [1.82, 2.24) is 15.3 Å². The molecule has 0 spiro atoms. The van der Waals surface area contributed by atoms with Gasteiger partial charge in [-0.2, -0.15) is 4.98 Å². The summed E-state index contributed by atoms with van der Waals surface area (Å²) in [6, 6.07) is 0. The second-order valence-electron chi connectivity index (χ2n) is 7.61. The maximum absolute atomic E-state index is 12.0. The number of alkyl carbamates (subject to hydrolysis) is 1. The van der Waals surface area contributed by atoms with Gasteiger partial charge in [-0.05, 0) is 56.5 Å². The second kappa shape index (κ2) is 7.26. The Bertz CT molecular complexity index is 711. The highest BCUT2D eigenvalue weighted by Gasteiger charge is 2.34. The van der Waals surface area contributed by atoms with E-state index in [-0.39, 0.29) is 11.5 Å². The average Bonchev–Trinajstić information content (AvgIpc) is 2.48. The summed E-state index contributed by atoms with van der Waals surface area (Å²) in [5.74, 6) is -0.177. The maximum Gasteiger partial charge on any atom is 0.408 e. The van der Waals surface area contributed by atoms with Gasteiger partial charge in [0, 0.05) is 18.6 Å². The van der Waals surface area contributed by atoms with Crippen LogP contribution in [0.25, 0.3) is 0 Å². The number of halogens is 1. The number of ether oxygens (including phenoxy) is 1. The van der Waals surface area contributed by atoms with Gasteiger partial charge in [-0.15, -0.1) is 0 Å². The Morgan fingerprint density at radius 1 is 1.27 bits per heavy atom.